The van der Waals surface area contributed by atoms with Crippen LogP contribution in [0.3, 0.4) is 0 Å². The van der Waals surface area contributed by atoms with Crippen LogP contribution >= 0.6 is 23.1 Å². The summed E-state index contributed by atoms with van der Waals surface area (Å²) in [7, 11) is 3.12. The number of ether oxygens (including phenoxy) is 2. The number of nitrogens with one attached hydrogen (secondary N) is 1. The molecule has 0 bridgehead atoms. The molecule has 0 saturated heterocycles. The summed E-state index contributed by atoms with van der Waals surface area (Å²) in [6, 6.07) is 17.1. The Hall–Kier alpha value is -3.17. The van der Waals surface area contributed by atoms with E-state index in [0.29, 0.717) is 21.5 Å². The van der Waals surface area contributed by atoms with E-state index in [0.717, 1.165) is 21.6 Å². The second kappa shape index (κ2) is 9.10. The molecule has 0 aliphatic carbocycles. The molecule has 0 atom stereocenters. The third-order valence-electron chi connectivity index (χ3n) is 4.23. The number of aromatic nitrogens is 3. The summed E-state index contributed by atoms with van der Waals surface area (Å²) in [5.41, 5.74) is 2.23. The van der Waals surface area contributed by atoms with Gasteiger partial charge < -0.3 is 14.8 Å². The first-order valence-electron chi connectivity index (χ1n) is 9.00. The number of anilines is 1. The molecule has 0 saturated carbocycles. The normalized spacial score (nSPS) is 10.7. The fourth-order valence-corrected chi connectivity index (χ4v) is 4.40. The number of rotatable bonds is 7. The summed E-state index contributed by atoms with van der Waals surface area (Å²) in [6.07, 6.45) is 0. The van der Waals surface area contributed by atoms with E-state index in [1.807, 2.05) is 36.4 Å². The zero-order valence-electron chi connectivity index (χ0n) is 16.3. The van der Waals surface area contributed by atoms with Crippen molar-refractivity contribution in [1.29, 1.82) is 0 Å². The SMILES string of the molecule is COc1ccc(OC)c(NC(=O)CSc2nnc(-c3ccc4ccccc4n3)s2)c1. The molecule has 1 amide bonds. The molecule has 7 nitrogen and oxygen atoms in total. The first-order chi connectivity index (χ1) is 14.7. The van der Waals surface area contributed by atoms with Crippen molar-refractivity contribution in [2.24, 2.45) is 0 Å². The molecule has 0 aliphatic heterocycles. The van der Waals surface area contributed by atoms with Crippen molar-refractivity contribution in [2.45, 2.75) is 4.34 Å². The van der Waals surface area contributed by atoms with Gasteiger partial charge in [0.25, 0.3) is 0 Å². The number of carbonyl (C=O) groups excluding carboxylic acids is 1. The molecule has 30 heavy (non-hydrogen) atoms. The summed E-state index contributed by atoms with van der Waals surface area (Å²) >= 11 is 2.73. The van der Waals surface area contributed by atoms with Crippen molar-refractivity contribution < 1.29 is 14.3 Å². The van der Waals surface area contributed by atoms with E-state index in [-0.39, 0.29) is 11.7 Å². The summed E-state index contributed by atoms with van der Waals surface area (Å²) in [6.45, 7) is 0. The van der Waals surface area contributed by atoms with E-state index in [1.54, 1.807) is 32.4 Å². The van der Waals surface area contributed by atoms with E-state index in [9.17, 15) is 4.79 Å². The van der Waals surface area contributed by atoms with Crippen LogP contribution in [0.2, 0.25) is 0 Å². The number of nitrogens with zero attached hydrogens (tertiary/aromatic N) is 3. The lowest BCUT2D eigenvalue weighted by Crippen LogP contribution is -2.14. The fraction of sp³-hybridized carbons (Fsp3) is 0.143. The molecule has 1 N–H and O–H groups in total. The van der Waals surface area contributed by atoms with Crippen molar-refractivity contribution in [3.05, 3.63) is 54.6 Å². The third kappa shape index (κ3) is 4.52. The van der Waals surface area contributed by atoms with Crippen LogP contribution in [0.5, 0.6) is 11.5 Å². The summed E-state index contributed by atoms with van der Waals surface area (Å²) < 4.78 is 11.2. The zero-order chi connectivity index (χ0) is 20.9. The van der Waals surface area contributed by atoms with Gasteiger partial charge in [-0.05, 0) is 24.3 Å². The highest BCUT2D eigenvalue weighted by atomic mass is 32.2. The highest BCUT2D eigenvalue weighted by Gasteiger charge is 2.13. The predicted octanol–water partition coefficient (Wildman–Crippen LogP) is 4.50. The number of benzene rings is 2. The number of pyridine rings is 1. The molecule has 152 valence electrons. The molecule has 2 aromatic heterocycles. The van der Waals surface area contributed by atoms with Gasteiger partial charge in [0, 0.05) is 11.5 Å². The largest absolute Gasteiger partial charge is 0.497 e. The van der Waals surface area contributed by atoms with Crippen molar-refractivity contribution in [3.8, 4) is 22.2 Å². The first kappa shape index (κ1) is 20.1. The van der Waals surface area contributed by atoms with Crippen LogP contribution < -0.4 is 14.8 Å². The Kier molecular flexibility index (Phi) is 6.10. The van der Waals surface area contributed by atoms with Gasteiger partial charge in [-0.25, -0.2) is 4.98 Å². The van der Waals surface area contributed by atoms with Gasteiger partial charge in [0.1, 0.15) is 17.2 Å². The van der Waals surface area contributed by atoms with Gasteiger partial charge in [0.15, 0.2) is 9.35 Å². The van der Waals surface area contributed by atoms with Gasteiger partial charge in [-0.1, -0.05) is 47.4 Å². The lowest BCUT2D eigenvalue weighted by atomic mass is 10.2. The Morgan fingerprint density at radius 1 is 1.07 bits per heavy atom. The van der Waals surface area contributed by atoms with Crippen molar-refractivity contribution in [1.82, 2.24) is 15.2 Å². The summed E-state index contributed by atoms with van der Waals surface area (Å²) in [4.78, 5) is 17.0. The molecule has 4 aromatic rings. The topological polar surface area (TPSA) is 86.2 Å². The molecule has 0 unspecified atom stereocenters. The standard InChI is InChI=1S/C21H18N4O3S2/c1-27-14-8-10-18(28-2)17(11-14)23-19(26)12-29-21-25-24-20(30-21)16-9-7-13-5-3-4-6-15(13)22-16/h3-11H,12H2,1-2H3,(H,23,26). The monoisotopic (exact) mass is 438 g/mol. The van der Waals surface area contributed by atoms with Gasteiger partial charge in [0.2, 0.25) is 5.91 Å². The van der Waals surface area contributed by atoms with Gasteiger partial charge in [0.05, 0.1) is 31.2 Å². The Morgan fingerprint density at radius 2 is 1.93 bits per heavy atom. The zero-order valence-corrected chi connectivity index (χ0v) is 17.9. The fourth-order valence-electron chi connectivity index (χ4n) is 2.78. The molecule has 0 aliphatic rings. The molecule has 0 radical (unpaired) electrons. The summed E-state index contributed by atoms with van der Waals surface area (Å²) in [5.74, 6) is 1.22. The molecule has 2 aromatic carbocycles. The number of para-hydroxylation sites is 1. The van der Waals surface area contributed by atoms with Crippen LogP contribution in [0, 0.1) is 0 Å². The Bertz CT molecular complexity index is 1200. The molecule has 0 fully saturated rings. The average molecular weight is 439 g/mol. The first-order valence-corrected chi connectivity index (χ1v) is 10.8. The minimum Gasteiger partial charge on any atom is -0.497 e. The maximum atomic E-state index is 12.4. The Balaban J connectivity index is 1.41. The molecule has 2 heterocycles. The molecule has 0 spiro atoms. The second-order valence-electron chi connectivity index (χ2n) is 6.17. The molecule has 4 rings (SSSR count). The highest BCUT2D eigenvalue weighted by Crippen LogP contribution is 2.31. The maximum absolute atomic E-state index is 12.4. The Morgan fingerprint density at radius 3 is 2.77 bits per heavy atom. The number of fused-ring (bicyclic) bond motifs is 1. The lowest BCUT2D eigenvalue weighted by Gasteiger charge is -2.11. The second-order valence-corrected chi connectivity index (χ2v) is 8.37. The number of carbonyl (C=O) groups is 1. The van der Waals surface area contributed by atoms with E-state index in [1.165, 1.54) is 23.1 Å². The van der Waals surface area contributed by atoms with Crippen molar-refractivity contribution in [3.63, 3.8) is 0 Å². The number of methoxy groups -OCH3 is 2. The minimum atomic E-state index is -0.174. The van der Waals surface area contributed by atoms with Gasteiger partial charge in [-0.15, -0.1) is 10.2 Å². The van der Waals surface area contributed by atoms with E-state index in [2.05, 4.69) is 20.5 Å². The number of hydrogen-bond donors (Lipinski definition) is 1. The van der Waals surface area contributed by atoms with Crippen molar-refractivity contribution in [2.75, 3.05) is 25.3 Å². The predicted molar refractivity (Wildman–Crippen MR) is 120 cm³/mol. The average Bonchev–Trinajstić information content (AvgIpc) is 3.26. The van der Waals surface area contributed by atoms with E-state index >= 15 is 0 Å². The van der Waals surface area contributed by atoms with Crippen molar-refractivity contribution >= 4 is 45.6 Å². The van der Waals surface area contributed by atoms with Crippen LogP contribution in [-0.4, -0.2) is 41.1 Å². The highest BCUT2D eigenvalue weighted by molar-refractivity contribution is 8.01. The number of hydrogen-bond acceptors (Lipinski definition) is 8. The van der Waals surface area contributed by atoms with Crippen LogP contribution in [-0.2, 0) is 4.79 Å². The van der Waals surface area contributed by atoms with Gasteiger partial charge >= 0.3 is 0 Å². The third-order valence-corrected chi connectivity index (χ3v) is 6.31. The van der Waals surface area contributed by atoms with Crippen LogP contribution in [0.4, 0.5) is 5.69 Å². The van der Waals surface area contributed by atoms with E-state index in [4.69, 9.17) is 9.47 Å². The Labute approximate surface area is 181 Å². The smallest absolute Gasteiger partial charge is 0.234 e. The minimum absolute atomic E-state index is 0.174. The molecule has 9 heteroatoms. The number of amides is 1. The number of thioether (sulfide) groups is 1. The van der Waals surface area contributed by atoms with Gasteiger partial charge in [-0.3, -0.25) is 4.79 Å². The molecular formula is C21H18N4O3S2. The van der Waals surface area contributed by atoms with Crippen LogP contribution in [0.1, 0.15) is 0 Å². The van der Waals surface area contributed by atoms with E-state index < -0.39 is 0 Å². The maximum Gasteiger partial charge on any atom is 0.234 e. The van der Waals surface area contributed by atoms with Crippen LogP contribution in [0.15, 0.2) is 58.9 Å². The lowest BCUT2D eigenvalue weighted by molar-refractivity contribution is -0.113. The quantitative estimate of drug-likeness (QED) is 0.425. The molecular weight excluding hydrogens is 420 g/mol. The van der Waals surface area contributed by atoms with Gasteiger partial charge in [-0.2, -0.15) is 0 Å². The summed E-state index contributed by atoms with van der Waals surface area (Å²) in [5, 5.41) is 13.0. The van der Waals surface area contributed by atoms with Crippen LogP contribution in [0.25, 0.3) is 21.6 Å².